The van der Waals surface area contributed by atoms with E-state index in [-0.39, 0.29) is 5.82 Å². The number of rotatable bonds is 4. The summed E-state index contributed by atoms with van der Waals surface area (Å²) < 4.78 is 18.9. The number of aryl methyl sites for hydroxylation is 1. The van der Waals surface area contributed by atoms with Crippen molar-refractivity contribution >= 4 is 17.7 Å². The Morgan fingerprint density at radius 2 is 1.76 bits per heavy atom. The molecular weight excluding hydrogens is 435 g/mol. The molecule has 1 aliphatic heterocycles. The number of aromatic amines is 1. The van der Waals surface area contributed by atoms with Crippen LogP contribution in [0.5, 0.6) is 0 Å². The van der Waals surface area contributed by atoms with E-state index < -0.39 is 5.97 Å². The van der Waals surface area contributed by atoms with Gasteiger partial charge in [0.2, 0.25) is 0 Å². The van der Waals surface area contributed by atoms with Crippen molar-refractivity contribution in [1.82, 2.24) is 9.97 Å². The molecule has 5 rings (SSSR count). The van der Waals surface area contributed by atoms with Crippen LogP contribution in [0, 0.1) is 5.82 Å². The maximum Gasteiger partial charge on any atom is 0.340 e. The van der Waals surface area contributed by atoms with Crippen LogP contribution in [0.4, 0.5) is 4.39 Å². The highest BCUT2D eigenvalue weighted by Crippen LogP contribution is 2.43. The predicted molar refractivity (Wildman–Crippen MR) is 130 cm³/mol. The zero-order valence-electron chi connectivity index (χ0n) is 18.4. The molecule has 1 aliphatic rings. The molecule has 33 heavy (non-hydrogen) atoms. The Labute approximate surface area is 196 Å². The Bertz CT molecular complexity index is 1320. The standard InChI is InChI=1S/C27H23FN2O2S/c1-16-3-4-19-15-20(7-10-22(19)33-16)26-24(27(31)32-2)23(17-11-13-29-14-12-17)25(30-26)18-5-8-21(28)9-6-18/h5-16,30H,3-4H2,1-2H3. The number of hydrogen-bond acceptors (Lipinski definition) is 4. The number of halogens is 1. The first-order valence-corrected chi connectivity index (χ1v) is 11.7. The van der Waals surface area contributed by atoms with Crippen molar-refractivity contribution in [2.45, 2.75) is 29.9 Å². The maximum absolute atomic E-state index is 13.7. The lowest BCUT2D eigenvalue weighted by molar-refractivity contribution is 0.0602. The monoisotopic (exact) mass is 458 g/mol. The van der Waals surface area contributed by atoms with Gasteiger partial charge in [-0.15, -0.1) is 11.8 Å². The van der Waals surface area contributed by atoms with E-state index in [2.05, 4.69) is 29.0 Å². The Balaban J connectivity index is 1.76. The fourth-order valence-electron chi connectivity index (χ4n) is 4.34. The summed E-state index contributed by atoms with van der Waals surface area (Å²) in [7, 11) is 1.39. The van der Waals surface area contributed by atoms with Crippen LogP contribution in [-0.2, 0) is 11.2 Å². The lowest BCUT2D eigenvalue weighted by Crippen LogP contribution is -2.07. The van der Waals surface area contributed by atoms with Gasteiger partial charge in [-0.1, -0.05) is 13.0 Å². The van der Waals surface area contributed by atoms with Crippen LogP contribution in [0.3, 0.4) is 0 Å². The van der Waals surface area contributed by atoms with Crippen LogP contribution in [0.1, 0.15) is 29.3 Å². The van der Waals surface area contributed by atoms with Crippen molar-refractivity contribution in [2.24, 2.45) is 0 Å². The van der Waals surface area contributed by atoms with E-state index >= 15 is 0 Å². The van der Waals surface area contributed by atoms with Crippen molar-refractivity contribution in [2.75, 3.05) is 7.11 Å². The molecule has 0 saturated heterocycles. The summed E-state index contributed by atoms with van der Waals surface area (Å²) in [4.78, 5) is 22.0. The predicted octanol–water partition coefficient (Wildman–Crippen LogP) is 6.76. The topological polar surface area (TPSA) is 55.0 Å². The molecule has 6 heteroatoms. The average Bonchev–Trinajstić information content (AvgIpc) is 3.25. The second kappa shape index (κ2) is 8.87. The van der Waals surface area contributed by atoms with E-state index in [1.54, 1.807) is 24.5 Å². The molecule has 4 aromatic rings. The molecule has 0 amide bonds. The molecule has 3 heterocycles. The number of pyridine rings is 1. The fourth-order valence-corrected chi connectivity index (χ4v) is 5.47. The van der Waals surface area contributed by atoms with Crippen LogP contribution in [-0.4, -0.2) is 28.3 Å². The molecule has 4 nitrogen and oxygen atoms in total. The quantitative estimate of drug-likeness (QED) is 0.343. The number of carbonyl (C=O) groups is 1. The highest BCUT2D eigenvalue weighted by molar-refractivity contribution is 8.00. The molecule has 0 saturated carbocycles. The smallest absolute Gasteiger partial charge is 0.340 e. The van der Waals surface area contributed by atoms with Crippen LogP contribution < -0.4 is 0 Å². The number of thioether (sulfide) groups is 1. The van der Waals surface area contributed by atoms with Crippen LogP contribution in [0.25, 0.3) is 33.6 Å². The number of nitrogens with one attached hydrogen (secondary N) is 1. The number of aromatic nitrogens is 2. The Kier molecular flexibility index (Phi) is 5.77. The highest BCUT2D eigenvalue weighted by Gasteiger charge is 2.27. The number of carbonyl (C=O) groups excluding carboxylic acids is 1. The fraction of sp³-hybridized carbons (Fsp3) is 0.185. The molecule has 0 fully saturated rings. The van der Waals surface area contributed by atoms with Gasteiger partial charge in [0, 0.05) is 28.1 Å². The molecule has 1 unspecified atom stereocenters. The van der Waals surface area contributed by atoms with Crippen molar-refractivity contribution in [3.63, 3.8) is 0 Å². The van der Waals surface area contributed by atoms with E-state index in [0.717, 1.165) is 35.2 Å². The number of ether oxygens (including phenoxy) is 1. The van der Waals surface area contributed by atoms with Gasteiger partial charge in [0.25, 0.3) is 0 Å². The van der Waals surface area contributed by atoms with Crippen LogP contribution in [0.2, 0.25) is 0 Å². The number of esters is 1. The SMILES string of the molecule is COC(=O)c1c(-c2ccc3c(c2)CCC(C)S3)[nH]c(-c2ccc(F)cc2)c1-c1ccncc1. The number of benzene rings is 2. The Hall–Kier alpha value is -3.38. The largest absolute Gasteiger partial charge is 0.465 e. The van der Waals surface area contributed by atoms with Gasteiger partial charge in [-0.25, -0.2) is 9.18 Å². The summed E-state index contributed by atoms with van der Waals surface area (Å²) in [5.41, 5.74) is 6.42. The van der Waals surface area contributed by atoms with Crippen molar-refractivity contribution < 1.29 is 13.9 Å². The molecule has 1 atom stereocenters. The Morgan fingerprint density at radius 1 is 1.03 bits per heavy atom. The van der Waals surface area contributed by atoms with E-state index in [1.807, 2.05) is 30.0 Å². The molecule has 0 spiro atoms. The van der Waals surface area contributed by atoms with Gasteiger partial charge in [-0.05, 0) is 83.6 Å². The third kappa shape index (κ3) is 4.07. The number of methoxy groups -OCH3 is 1. The number of fused-ring (bicyclic) bond motifs is 1. The molecule has 1 N–H and O–H groups in total. The van der Waals surface area contributed by atoms with Gasteiger partial charge in [0.05, 0.1) is 24.1 Å². The average molecular weight is 459 g/mol. The lowest BCUT2D eigenvalue weighted by atomic mass is 9.95. The van der Waals surface area contributed by atoms with Crippen molar-refractivity contribution in [1.29, 1.82) is 0 Å². The summed E-state index contributed by atoms with van der Waals surface area (Å²) in [5, 5.41) is 0.600. The van der Waals surface area contributed by atoms with Gasteiger partial charge in [0.15, 0.2) is 0 Å². The van der Waals surface area contributed by atoms with Gasteiger partial charge in [0.1, 0.15) is 5.82 Å². The molecule has 0 radical (unpaired) electrons. The molecule has 166 valence electrons. The third-order valence-corrected chi connectivity index (χ3v) is 7.28. The second-order valence-corrected chi connectivity index (χ2v) is 9.63. The van der Waals surface area contributed by atoms with Crippen molar-refractivity contribution in [3.8, 4) is 33.6 Å². The zero-order chi connectivity index (χ0) is 22.9. The van der Waals surface area contributed by atoms with Crippen LogP contribution in [0.15, 0.2) is 71.9 Å². The van der Waals surface area contributed by atoms with E-state index in [0.29, 0.717) is 22.1 Å². The summed E-state index contributed by atoms with van der Waals surface area (Å²) in [5.74, 6) is -0.743. The minimum Gasteiger partial charge on any atom is -0.465 e. The van der Waals surface area contributed by atoms with Crippen LogP contribution >= 0.6 is 11.8 Å². The second-order valence-electron chi connectivity index (χ2n) is 8.15. The van der Waals surface area contributed by atoms with E-state index in [1.165, 1.54) is 29.7 Å². The highest BCUT2D eigenvalue weighted by atomic mass is 32.2. The summed E-state index contributed by atoms with van der Waals surface area (Å²) in [6.07, 6.45) is 5.51. The number of nitrogens with zero attached hydrogens (tertiary/aromatic N) is 1. The maximum atomic E-state index is 13.7. The first kappa shape index (κ1) is 21.5. The van der Waals surface area contributed by atoms with E-state index in [4.69, 9.17) is 4.74 Å². The number of hydrogen-bond donors (Lipinski definition) is 1. The minimum absolute atomic E-state index is 0.314. The first-order chi connectivity index (χ1) is 16.0. The van der Waals surface area contributed by atoms with Gasteiger partial charge >= 0.3 is 5.97 Å². The molecule has 2 aromatic heterocycles. The first-order valence-electron chi connectivity index (χ1n) is 10.9. The number of H-pyrrole nitrogens is 1. The summed E-state index contributed by atoms with van der Waals surface area (Å²) in [6, 6.07) is 16.3. The normalized spacial score (nSPS) is 15.2. The van der Waals surface area contributed by atoms with Gasteiger partial charge in [-0.3, -0.25) is 4.98 Å². The van der Waals surface area contributed by atoms with Crippen molar-refractivity contribution in [3.05, 3.63) is 83.9 Å². The zero-order valence-corrected chi connectivity index (χ0v) is 19.2. The molecule has 2 aromatic carbocycles. The van der Waals surface area contributed by atoms with E-state index in [9.17, 15) is 9.18 Å². The lowest BCUT2D eigenvalue weighted by Gasteiger charge is -2.21. The molecular formula is C27H23FN2O2S. The minimum atomic E-state index is -0.429. The van der Waals surface area contributed by atoms with Gasteiger partial charge < -0.3 is 9.72 Å². The third-order valence-electron chi connectivity index (χ3n) is 5.99. The van der Waals surface area contributed by atoms with Gasteiger partial charge in [-0.2, -0.15) is 0 Å². The molecule has 0 bridgehead atoms. The molecule has 0 aliphatic carbocycles. The Morgan fingerprint density at radius 3 is 2.48 bits per heavy atom. The summed E-state index contributed by atoms with van der Waals surface area (Å²) >= 11 is 1.89. The summed E-state index contributed by atoms with van der Waals surface area (Å²) in [6.45, 7) is 2.25.